The van der Waals surface area contributed by atoms with Gasteiger partial charge in [0.2, 0.25) is 0 Å². The van der Waals surface area contributed by atoms with Gasteiger partial charge >= 0.3 is 0 Å². The maximum absolute atomic E-state index is 11.9. The smallest absolute Gasteiger partial charge is 0.182 e. The predicted molar refractivity (Wildman–Crippen MR) is 178 cm³/mol. The SMILES string of the molecule is C=S1(=O)CCN(C(C)(C)C)CC1.C=S1CCN(C(C)(C)C)CC1.CC(C)(C)N1CCS(=O)(=O)c2ccccc21. The molecule has 1 aromatic rings. The van der Waals surface area contributed by atoms with Crippen LogP contribution in [0.15, 0.2) is 29.2 Å². The van der Waals surface area contributed by atoms with Crippen LogP contribution in [-0.4, -0.2) is 112 Å². The lowest BCUT2D eigenvalue weighted by molar-refractivity contribution is 0.151. The summed E-state index contributed by atoms with van der Waals surface area (Å²) in [6, 6.07) is 7.25. The molecule has 0 atom stereocenters. The van der Waals surface area contributed by atoms with E-state index in [9.17, 15) is 12.6 Å². The molecule has 0 bridgehead atoms. The molecule has 1 aromatic carbocycles. The summed E-state index contributed by atoms with van der Waals surface area (Å²) < 4.78 is 35.4. The lowest BCUT2D eigenvalue weighted by Crippen LogP contribution is -2.49. The second kappa shape index (κ2) is 13.0. The molecule has 9 heteroatoms. The van der Waals surface area contributed by atoms with E-state index in [0.29, 0.717) is 27.5 Å². The van der Waals surface area contributed by atoms with Gasteiger partial charge in [-0.05, 0) is 89.8 Å². The molecule has 6 nitrogen and oxygen atoms in total. The zero-order valence-electron chi connectivity index (χ0n) is 26.1. The molecule has 0 amide bonds. The predicted octanol–water partition coefficient (Wildman–Crippen LogP) is 4.70. The summed E-state index contributed by atoms with van der Waals surface area (Å²) in [7, 11) is -4.33. The van der Waals surface area contributed by atoms with E-state index in [1.54, 1.807) is 12.1 Å². The van der Waals surface area contributed by atoms with Gasteiger partial charge in [0.05, 0.1) is 16.3 Å². The van der Waals surface area contributed by atoms with Gasteiger partial charge < -0.3 is 4.90 Å². The van der Waals surface area contributed by atoms with Gasteiger partial charge in [-0.3, -0.25) is 14.0 Å². The molecule has 0 unspecified atom stereocenters. The van der Waals surface area contributed by atoms with Gasteiger partial charge in [-0.1, -0.05) is 18.0 Å². The maximum Gasteiger partial charge on any atom is 0.182 e. The first-order valence-corrected chi connectivity index (χ1v) is 19.5. The van der Waals surface area contributed by atoms with Crippen molar-refractivity contribution in [1.82, 2.24) is 9.80 Å². The number of nitrogens with zero attached hydrogens (tertiary/aromatic N) is 3. The number of hydrogen-bond acceptors (Lipinski definition) is 6. The Hall–Kier alpha value is -0.870. The van der Waals surface area contributed by atoms with Crippen LogP contribution in [0.1, 0.15) is 62.3 Å². The van der Waals surface area contributed by atoms with E-state index in [-0.39, 0.29) is 16.8 Å². The summed E-state index contributed by atoms with van der Waals surface area (Å²) >= 11 is 0. The van der Waals surface area contributed by atoms with Crippen LogP contribution in [0.4, 0.5) is 5.69 Å². The summed E-state index contributed by atoms with van der Waals surface area (Å²) in [6.07, 6.45) is 0. The van der Waals surface area contributed by atoms with Crippen molar-refractivity contribution in [2.24, 2.45) is 0 Å². The van der Waals surface area contributed by atoms with Crippen LogP contribution in [0, 0.1) is 0 Å². The highest BCUT2D eigenvalue weighted by atomic mass is 32.2. The van der Waals surface area contributed by atoms with Gasteiger partial charge in [0.25, 0.3) is 0 Å². The Kier molecular flexibility index (Phi) is 11.4. The van der Waals surface area contributed by atoms with Crippen LogP contribution >= 0.6 is 10.5 Å². The van der Waals surface area contributed by atoms with Gasteiger partial charge in [-0.25, -0.2) is 8.42 Å². The van der Waals surface area contributed by atoms with Crippen LogP contribution in [0.5, 0.6) is 0 Å². The summed E-state index contributed by atoms with van der Waals surface area (Å²) in [5, 5.41) is 0. The van der Waals surface area contributed by atoms with Crippen molar-refractivity contribution >= 4 is 47.3 Å². The minimum Gasteiger partial charge on any atom is -0.365 e. The van der Waals surface area contributed by atoms with Gasteiger partial charge in [0, 0.05) is 72.4 Å². The third-order valence-corrected chi connectivity index (χ3v) is 12.7. The molecule has 0 spiro atoms. The average Bonchev–Trinajstić information content (AvgIpc) is 2.78. The first-order valence-electron chi connectivity index (χ1n) is 14.0. The average molecular weight is 602 g/mol. The second-order valence-electron chi connectivity index (χ2n) is 13.8. The normalized spacial score (nSPS) is 22.5. The van der Waals surface area contributed by atoms with Crippen molar-refractivity contribution < 1.29 is 12.6 Å². The van der Waals surface area contributed by atoms with E-state index in [2.05, 4.69) is 88.8 Å². The molecule has 0 saturated carbocycles. The summed E-state index contributed by atoms with van der Waals surface area (Å²) in [5.41, 5.74) is 1.37. The molecule has 0 N–H and O–H groups in total. The molecular formula is C30H55N3O3S3. The monoisotopic (exact) mass is 601 g/mol. The van der Waals surface area contributed by atoms with E-state index in [0.717, 1.165) is 30.3 Å². The van der Waals surface area contributed by atoms with Crippen molar-refractivity contribution in [2.75, 3.05) is 66.4 Å². The quantitative estimate of drug-likeness (QED) is 0.402. The standard InChI is InChI=1S/C12H17NO2S.C9H19NOS.C9H19NS/c1-12(2,3)13-8-9-16(14,15)11-7-5-4-6-10(11)13;1-9(2,3)10-5-7-12(4,11)8-6-10;1-9(2,3)10-5-7-11(4)8-6-10/h4-7H,8-9H2,1-3H3;4-8H2,1-3H3;4-8H2,1-3H3. The molecular weight excluding hydrogens is 547 g/mol. The van der Waals surface area contributed by atoms with E-state index in [1.807, 2.05) is 12.1 Å². The van der Waals surface area contributed by atoms with Crippen molar-refractivity contribution in [1.29, 1.82) is 0 Å². The lowest BCUT2D eigenvalue weighted by Gasteiger charge is -2.41. The molecule has 4 rings (SSSR count). The van der Waals surface area contributed by atoms with Crippen molar-refractivity contribution in [3.8, 4) is 0 Å². The fourth-order valence-corrected chi connectivity index (χ4v) is 8.78. The molecule has 226 valence electrons. The Morgan fingerprint density at radius 3 is 1.62 bits per heavy atom. The Labute approximate surface area is 243 Å². The van der Waals surface area contributed by atoms with E-state index in [4.69, 9.17) is 0 Å². The van der Waals surface area contributed by atoms with Gasteiger partial charge in [0.1, 0.15) is 0 Å². The third kappa shape index (κ3) is 10.5. The molecule has 0 aliphatic carbocycles. The first kappa shape index (κ1) is 34.3. The van der Waals surface area contributed by atoms with Crippen molar-refractivity contribution in [2.45, 2.75) is 83.8 Å². The molecule has 3 heterocycles. The number of fused-ring (bicyclic) bond motifs is 1. The Morgan fingerprint density at radius 2 is 1.15 bits per heavy atom. The van der Waals surface area contributed by atoms with Crippen molar-refractivity contribution in [3.63, 3.8) is 0 Å². The molecule has 2 saturated heterocycles. The molecule has 39 heavy (non-hydrogen) atoms. The van der Waals surface area contributed by atoms with E-state index < -0.39 is 19.4 Å². The summed E-state index contributed by atoms with van der Waals surface area (Å²) in [4.78, 5) is 7.56. The zero-order chi connectivity index (χ0) is 29.9. The largest absolute Gasteiger partial charge is 0.365 e. The van der Waals surface area contributed by atoms with Gasteiger partial charge in [0.15, 0.2) is 9.84 Å². The molecule has 3 aliphatic rings. The van der Waals surface area contributed by atoms with Crippen molar-refractivity contribution in [3.05, 3.63) is 24.3 Å². The first-order chi connectivity index (χ1) is 17.6. The maximum atomic E-state index is 11.9. The fraction of sp³-hybridized carbons (Fsp3) is 0.733. The minimum atomic E-state index is -3.08. The van der Waals surface area contributed by atoms with E-state index >= 15 is 0 Å². The third-order valence-electron chi connectivity index (χ3n) is 7.55. The van der Waals surface area contributed by atoms with E-state index in [1.165, 1.54) is 24.6 Å². The number of rotatable bonds is 0. The van der Waals surface area contributed by atoms with Crippen LogP contribution < -0.4 is 4.90 Å². The molecule has 2 fully saturated rings. The van der Waals surface area contributed by atoms with Crippen LogP contribution in [-0.2, 0) is 19.4 Å². The van der Waals surface area contributed by atoms with Crippen LogP contribution in [0.25, 0.3) is 0 Å². The fourth-order valence-electron chi connectivity index (χ4n) is 4.88. The molecule has 3 aliphatic heterocycles. The number of sulfone groups is 1. The highest BCUT2D eigenvalue weighted by Crippen LogP contribution is 2.34. The topological polar surface area (TPSA) is 60.9 Å². The van der Waals surface area contributed by atoms with Crippen LogP contribution in [0.3, 0.4) is 0 Å². The Morgan fingerprint density at radius 1 is 0.692 bits per heavy atom. The lowest BCUT2D eigenvalue weighted by atomic mass is 10.0. The number of para-hydroxylation sites is 1. The summed E-state index contributed by atoms with van der Waals surface area (Å²) in [5.74, 6) is 12.2. The molecule has 0 radical (unpaired) electrons. The highest BCUT2D eigenvalue weighted by Gasteiger charge is 2.33. The number of benzene rings is 1. The zero-order valence-corrected chi connectivity index (χ0v) is 28.5. The Bertz CT molecular complexity index is 1160. The minimum absolute atomic E-state index is 0.0496. The Balaban J connectivity index is 0.000000210. The second-order valence-corrected chi connectivity index (χ2v) is 20.7. The number of anilines is 1. The van der Waals surface area contributed by atoms with Gasteiger partial charge in [-0.2, -0.15) is 10.5 Å². The number of hydrogen-bond donors (Lipinski definition) is 0. The van der Waals surface area contributed by atoms with Crippen LogP contribution in [0.2, 0.25) is 0 Å². The van der Waals surface area contributed by atoms with Gasteiger partial charge in [-0.15, -0.1) is 0 Å². The molecule has 0 aromatic heterocycles. The summed E-state index contributed by atoms with van der Waals surface area (Å²) in [6.45, 7) is 24.7. The highest BCUT2D eigenvalue weighted by molar-refractivity contribution is 8.14.